The molecule has 25 heavy (non-hydrogen) atoms. The SMILES string of the molecule is O=C(Nc1nc2ccccc2s1)c1ccc(-c2ccc(Cl)cc2Cl)o1. The van der Waals surface area contributed by atoms with Crippen LogP contribution < -0.4 is 5.32 Å². The summed E-state index contributed by atoms with van der Waals surface area (Å²) in [4.78, 5) is 16.8. The van der Waals surface area contributed by atoms with Gasteiger partial charge in [-0.05, 0) is 42.5 Å². The van der Waals surface area contributed by atoms with E-state index in [9.17, 15) is 4.79 Å². The third-order valence-electron chi connectivity index (χ3n) is 3.54. The molecule has 0 fully saturated rings. The van der Waals surface area contributed by atoms with Crippen molar-refractivity contribution in [1.82, 2.24) is 4.98 Å². The number of carbonyl (C=O) groups excluding carboxylic acids is 1. The number of anilines is 1. The Morgan fingerprint density at radius 1 is 1.08 bits per heavy atom. The van der Waals surface area contributed by atoms with Crippen molar-refractivity contribution in [2.24, 2.45) is 0 Å². The third-order valence-corrected chi connectivity index (χ3v) is 5.04. The Morgan fingerprint density at radius 3 is 2.72 bits per heavy atom. The zero-order valence-electron chi connectivity index (χ0n) is 12.6. The van der Waals surface area contributed by atoms with E-state index in [1.54, 1.807) is 30.3 Å². The monoisotopic (exact) mass is 388 g/mol. The number of amides is 1. The van der Waals surface area contributed by atoms with Gasteiger partial charge in [0, 0.05) is 10.6 Å². The maximum absolute atomic E-state index is 12.4. The van der Waals surface area contributed by atoms with E-state index < -0.39 is 0 Å². The molecule has 0 saturated heterocycles. The maximum Gasteiger partial charge on any atom is 0.293 e. The molecule has 2 aromatic heterocycles. The van der Waals surface area contributed by atoms with Gasteiger partial charge in [0.15, 0.2) is 10.9 Å². The number of hydrogen-bond acceptors (Lipinski definition) is 4. The van der Waals surface area contributed by atoms with E-state index in [4.69, 9.17) is 27.6 Å². The van der Waals surface area contributed by atoms with Gasteiger partial charge in [-0.1, -0.05) is 46.7 Å². The molecule has 0 saturated carbocycles. The lowest BCUT2D eigenvalue weighted by atomic mass is 10.2. The Labute approximate surface area is 157 Å². The van der Waals surface area contributed by atoms with Crippen molar-refractivity contribution < 1.29 is 9.21 Å². The van der Waals surface area contributed by atoms with Crippen molar-refractivity contribution in [3.63, 3.8) is 0 Å². The largest absolute Gasteiger partial charge is 0.451 e. The average Bonchev–Trinajstić information content (AvgIpc) is 3.21. The van der Waals surface area contributed by atoms with Crippen LogP contribution in [-0.4, -0.2) is 10.9 Å². The minimum Gasteiger partial charge on any atom is -0.451 e. The lowest BCUT2D eigenvalue weighted by molar-refractivity contribution is 0.0997. The molecule has 0 bridgehead atoms. The molecule has 4 aromatic rings. The van der Waals surface area contributed by atoms with Crippen LogP contribution in [0.5, 0.6) is 0 Å². The number of thiazole rings is 1. The van der Waals surface area contributed by atoms with Crippen LogP contribution in [0, 0.1) is 0 Å². The van der Waals surface area contributed by atoms with Gasteiger partial charge in [0.2, 0.25) is 0 Å². The van der Waals surface area contributed by atoms with Crippen molar-refractivity contribution in [1.29, 1.82) is 0 Å². The summed E-state index contributed by atoms with van der Waals surface area (Å²) in [6.45, 7) is 0. The molecular weight excluding hydrogens is 379 g/mol. The number of carbonyl (C=O) groups is 1. The number of para-hydroxylation sites is 1. The van der Waals surface area contributed by atoms with Gasteiger partial charge >= 0.3 is 0 Å². The van der Waals surface area contributed by atoms with E-state index in [0.717, 1.165) is 10.2 Å². The highest BCUT2D eigenvalue weighted by Crippen LogP contribution is 2.32. The standard InChI is InChI=1S/C18H10Cl2N2O2S/c19-10-5-6-11(12(20)9-10)14-7-8-15(24-14)17(23)22-18-21-13-3-1-2-4-16(13)25-18/h1-9H,(H,21,22,23). The molecule has 0 radical (unpaired) electrons. The van der Waals surface area contributed by atoms with Gasteiger partial charge in [-0.3, -0.25) is 10.1 Å². The fourth-order valence-electron chi connectivity index (χ4n) is 2.38. The van der Waals surface area contributed by atoms with E-state index in [2.05, 4.69) is 10.3 Å². The van der Waals surface area contributed by atoms with Gasteiger partial charge < -0.3 is 4.42 Å². The number of hydrogen-bond donors (Lipinski definition) is 1. The number of nitrogens with one attached hydrogen (secondary N) is 1. The molecule has 0 spiro atoms. The second-order valence-corrected chi connectivity index (χ2v) is 7.10. The minimum absolute atomic E-state index is 0.181. The second kappa shape index (κ2) is 6.52. The van der Waals surface area contributed by atoms with Gasteiger partial charge in [-0.15, -0.1) is 0 Å². The number of aromatic nitrogens is 1. The predicted molar refractivity (Wildman–Crippen MR) is 102 cm³/mol. The Kier molecular flexibility index (Phi) is 4.21. The molecule has 0 aliphatic rings. The van der Waals surface area contributed by atoms with E-state index >= 15 is 0 Å². The average molecular weight is 389 g/mol. The van der Waals surface area contributed by atoms with Gasteiger partial charge in [0.25, 0.3) is 5.91 Å². The molecule has 124 valence electrons. The molecule has 1 N–H and O–H groups in total. The van der Waals surface area contributed by atoms with Gasteiger partial charge in [0.1, 0.15) is 5.76 Å². The highest BCUT2D eigenvalue weighted by atomic mass is 35.5. The Bertz CT molecular complexity index is 1050. The number of benzene rings is 2. The van der Waals surface area contributed by atoms with Crippen molar-refractivity contribution in [2.75, 3.05) is 5.32 Å². The molecule has 2 heterocycles. The first-order valence-electron chi connectivity index (χ1n) is 7.32. The molecule has 0 atom stereocenters. The van der Waals surface area contributed by atoms with Crippen molar-refractivity contribution in [3.8, 4) is 11.3 Å². The first-order chi connectivity index (χ1) is 12.1. The molecule has 1 amide bonds. The van der Waals surface area contributed by atoms with E-state index in [1.807, 2.05) is 24.3 Å². The molecule has 0 aliphatic heterocycles. The lowest BCUT2D eigenvalue weighted by Gasteiger charge is -2.01. The van der Waals surface area contributed by atoms with Gasteiger partial charge in [-0.2, -0.15) is 0 Å². The van der Waals surface area contributed by atoms with Gasteiger partial charge in [-0.25, -0.2) is 4.98 Å². The smallest absolute Gasteiger partial charge is 0.293 e. The van der Waals surface area contributed by atoms with Crippen LogP contribution >= 0.6 is 34.5 Å². The Hall–Kier alpha value is -2.34. The number of fused-ring (bicyclic) bond motifs is 1. The number of nitrogens with zero attached hydrogens (tertiary/aromatic N) is 1. The van der Waals surface area contributed by atoms with Gasteiger partial charge in [0.05, 0.1) is 15.2 Å². The van der Waals surface area contributed by atoms with Crippen molar-refractivity contribution in [3.05, 3.63) is 70.4 Å². The minimum atomic E-state index is -0.365. The summed E-state index contributed by atoms with van der Waals surface area (Å²) in [6.07, 6.45) is 0. The Morgan fingerprint density at radius 2 is 1.92 bits per heavy atom. The summed E-state index contributed by atoms with van der Waals surface area (Å²) in [5, 5.41) is 4.27. The van der Waals surface area contributed by atoms with E-state index in [0.29, 0.717) is 26.5 Å². The Balaban J connectivity index is 1.57. The van der Waals surface area contributed by atoms with Crippen molar-refractivity contribution >= 4 is 55.8 Å². The fourth-order valence-corrected chi connectivity index (χ4v) is 3.74. The highest BCUT2D eigenvalue weighted by molar-refractivity contribution is 7.22. The predicted octanol–water partition coefficient (Wildman–Crippen LogP) is 6.12. The summed E-state index contributed by atoms with van der Waals surface area (Å²) >= 11 is 13.5. The molecular formula is C18H10Cl2N2O2S. The quantitative estimate of drug-likeness (QED) is 0.460. The first kappa shape index (κ1) is 16.1. The molecule has 4 rings (SSSR count). The molecule has 0 aliphatic carbocycles. The topological polar surface area (TPSA) is 55.1 Å². The van der Waals surface area contributed by atoms with Crippen LogP contribution in [0.25, 0.3) is 21.5 Å². The lowest BCUT2D eigenvalue weighted by Crippen LogP contribution is -2.10. The summed E-state index contributed by atoms with van der Waals surface area (Å²) in [5.74, 6) is 0.312. The molecule has 4 nitrogen and oxygen atoms in total. The van der Waals surface area contributed by atoms with Crippen LogP contribution in [0.4, 0.5) is 5.13 Å². The van der Waals surface area contributed by atoms with Crippen LogP contribution in [0.2, 0.25) is 10.0 Å². The van der Waals surface area contributed by atoms with Crippen LogP contribution in [0.1, 0.15) is 10.6 Å². The van der Waals surface area contributed by atoms with E-state index in [1.165, 1.54) is 11.3 Å². The summed E-state index contributed by atoms with van der Waals surface area (Å²) in [7, 11) is 0. The molecule has 0 unspecified atom stereocenters. The second-order valence-electron chi connectivity index (χ2n) is 5.23. The normalized spacial score (nSPS) is 11.0. The third kappa shape index (κ3) is 3.26. The number of halogens is 2. The van der Waals surface area contributed by atoms with Crippen LogP contribution in [-0.2, 0) is 0 Å². The number of rotatable bonds is 3. The van der Waals surface area contributed by atoms with Crippen LogP contribution in [0.3, 0.4) is 0 Å². The highest BCUT2D eigenvalue weighted by Gasteiger charge is 2.16. The summed E-state index contributed by atoms with van der Waals surface area (Å²) in [6, 6.07) is 16.1. The van der Waals surface area contributed by atoms with E-state index in [-0.39, 0.29) is 11.7 Å². The fraction of sp³-hybridized carbons (Fsp3) is 0. The zero-order valence-corrected chi connectivity index (χ0v) is 15.0. The maximum atomic E-state index is 12.4. The molecule has 2 aromatic carbocycles. The summed E-state index contributed by atoms with van der Waals surface area (Å²) in [5.41, 5.74) is 1.51. The summed E-state index contributed by atoms with van der Waals surface area (Å²) < 4.78 is 6.64. The zero-order chi connectivity index (χ0) is 17.4. The number of furan rings is 1. The molecule has 7 heteroatoms. The van der Waals surface area contributed by atoms with Crippen LogP contribution in [0.15, 0.2) is 59.0 Å². The first-order valence-corrected chi connectivity index (χ1v) is 8.89. The van der Waals surface area contributed by atoms with Crippen molar-refractivity contribution in [2.45, 2.75) is 0 Å².